The highest BCUT2D eigenvalue weighted by molar-refractivity contribution is 9.10. The molecule has 2 heterocycles. The van der Waals surface area contributed by atoms with Crippen molar-refractivity contribution in [2.24, 2.45) is 0 Å². The van der Waals surface area contributed by atoms with Gasteiger partial charge in [0.15, 0.2) is 0 Å². The molecule has 0 aliphatic rings. The number of thiazole rings is 1. The minimum Gasteiger partial charge on any atom is -0.618 e. The monoisotopic (exact) mass is 352 g/mol. The summed E-state index contributed by atoms with van der Waals surface area (Å²) in [6.07, 6.45) is 1.44. The maximum absolute atomic E-state index is 12.0. The predicted octanol–water partition coefficient (Wildman–Crippen LogP) is 2.91. The van der Waals surface area contributed by atoms with E-state index in [9.17, 15) is 10.0 Å². The number of benzene rings is 1. The molecule has 0 radical (unpaired) electrons. The van der Waals surface area contributed by atoms with Gasteiger partial charge in [0.25, 0.3) is 0 Å². The Morgan fingerprint density at radius 2 is 2.35 bits per heavy atom. The Kier molecular flexibility index (Phi) is 3.31. The van der Waals surface area contributed by atoms with E-state index in [2.05, 4.69) is 20.9 Å². The number of halogens is 1. The van der Waals surface area contributed by atoms with Crippen molar-refractivity contribution in [2.45, 2.75) is 13.5 Å². The van der Waals surface area contributed by atoms with E-state index in [4.69, 9.17) is 4.74 Å². The summed E-state index contributed by atoms with van der Waals surface area (Å²) < 4.78 is 7.50. The molecular formula is C13H9BrN2O3S. The summed E-state index contributed by atoms with van der Waals surface area (Å²) in [4.78, 5) is 15.2. The Bertz CT molecular complexity index is 831. The molecule has 20 heavy (non-hydrogen) atoms. The molecule has 3 aromatic rings. The number of aromatic nitrogens is 2. The topological polar surface area (TPSA) is 66.1 Å². The number of ether oxygens (including phenoxy) is 1. The van der Waals surface area contributed by atoms with Crippen LogP contribution in [-0.2, 0) is 16.1 Å². The van der Waals surface area contributed by atoms with E-state index in [1.807, 2.05) is 12.1 Å². The number of nitrogens with zero attached hydrogens (tertiary/aromatic N) is 2. The minimum atomic E-state index is -0.350. The number of esters is 1. The van der Waals surface area contributed by atoms with Gasteiger partial charge in [0.1, 0.15) is 17.1 Å². The maximum Gasteiger partial charge on any atom is 0.303 e. The van der Waals surface area contributed by atoms with E-state index >= 15 is 0 Å². The minimum absolute atomic E-state index is 0.131. The quantitative estimate of drug-likeness (QED) is 0.404. The molecule has 0 amide bonds. The van der Waals surface area contributed by atoms with Crippen LogP contribution in [0.4, 0.5) is 0 Å². The molecule has 2 aromatic heterocycles. The van der Waals surface area contributed by atoms with Crippen LogP contribution in [0.1, 0.15) is 11.9 Å². The first-order chi connectivity index (χ1) is 9.54. The second kappa shape index (κ2) is 4.99. The lowest BCUT2D eigenvalue weighted by atomic mass is 10.2. The zero-order chi connectivity index (χ0) is 14.3. The molecule has 1 aromatic carbocycles. The van der Waals surface area contributed by atoms with Gasteiger partial charge < -0.3 is 9.94 Å². The van der Waals surface area contributed by atoms with Crippen LogP contribution in [0, 0.1) is 5.21 Å². The predicted molar refractivity (Wildman–Crippen MR) is 79.3 cm³/mol. The van der Waals surface area contributed by atoms with Crippen LogP contribution < -0.4 is 4.73 Å². The zero-order valence-electron chi connectivity index (χ0n) is 10.4. The van der Waals surface area contributed by atoms with Gasteiger partial charge >= 0.3 is 5.97 Å². The average Bonchev–Trinajstić information content (AvgIpc) is 2.79. The van der Waals surface area contributed by atoms with Crippen LogP contribution in [0.5, 0.6) is 0 Å². The van der Waals surface area contributed by atoms with E-state index in [1.165, 1.54) is 24.5 Å². The number of hydrogen-bond donors (Lipinski definition) is 0. The van der Waals surface area contributed by atoms with Gasteiger partial charge in [-0.3, -0.25) is 4.79 Å². The molecule has 0 unspecified atom stereocenters. The van der Waals surface area contributed by atoms with Crippen LogP contribution in [0.2, 0.25) is 0 Å². The van der Waals surface area contributed by atoms with E-state index in [1.54, 1.807) is 6.07 Å². The molecule has 0 aliphatic carbocycles. The van der Waals surface area contributed by atoms with Crippen molar-refractivity contribution in [3.63, 3.8) is 0 Å². The Balaban J connectivity index is 2.18. The highest BCUT2D eigenvalue weighted by Gasteiger charge is 2.15. The number of hydrogen-bond acceptors (Lipinski definition) is 5. The fourth-order valence-electron chi connectivity index (χ4n) is 1.94. The van der Waals surface area contributed by atoms with E-state index in [0.717, 1.165) is 19.3 Å². The van der Waals surface area contributed by atoms with Gasteiger partial charge in [-0.2, -0.15) is 4.73 Å². The Hall–Kier alpha value is -1.73. The van der Waals surface area contributed by atoms with Crippen LogP contribution in [0.3, 0.4) is 0 Å². The summed E-state index contributed by atoms with van der Waals surface area (Å²) >= 11 is 4.78. The van der Waals surface area contributed by atoms with Crippen LogP contribution in [0.15, 0.2) is 28.9 Å². The Labute approximate surface area is 126 Å². The zero-order valence-corrected chi connectivity index (χ0v) is 12.8. The third kappa shape index (κ3) is 2.34. The van der Waals surface area contributed by atoms with Crippen molar-refractivity contribution in [1.82, 2.24) is 4.98 Å². The summed E-state index contributed by atoms with van der Waals surface area (Å²) in [5, 5.41) is 13.5. The van der Waals surface area contributed by atoms with Crippen molar-refractivity contribution in [3.8, 4) is 0 Å². The molecule has 0 bridgehead atoms. The number of fused-ring (bicyclic) bond motifs is 3. The van der Waals surface area contributed by atoms with Gasteiger partial charge in [-0.05, 0) is 12.1 Å². The number of carbonyl (C=O) groups is 1. The molecule has 0 saturated carbocycles. The smallest absolute Gasteiger partial charge is 0.303 e. The standard InChI is InChI=1S/C13H9BrN2O3S/c1-7(17)19-6-12-15-10-5-16(18)11-4-8(14)2-3-9(11)13(10)20-12/h2-5H,6H2,1H3. The van der Waals surface area contributed by atoms with Gasteiger partial charge in [-0.15, -0.1) is 11.3 Å². The first kappa shape index (κ1) is 13.3. The van der Waals surface area contributed by atoms with Gasteiger partial charge in [0, 0.05) is 17.5 Å². The van der Waals surface area contributed by atoms with Gasteiger partial charge in [-0.1, -0.05) is 15.9 Å². The molecule has 5 nitrogen and oxygen atoms in total. The molecule has 0 N–H and O–H groups in total. The largest absolute Gasteiger partial charge is 0.618 e. The Morgan fingerprint density at radius 3 is 3.10 bits per heavy atom. The fourth-order valence-corrected chi connectivity index (χ4v) is 3.28. The highest BCUT2D eigenvalue weighted by atomic mass is 79.9. The molecule has 102 valence electrons. The molecular weight excluding hydrogens is 344 g/mol. The van der Waals surface area contributed by atoms with Crippen molar-refractivity contribution >= 4 is 54.4 Å². The summed E-state index contributed by atoms with van der Waals surface area (Å²) in [5.41, 5.74) is 1.19. The lowest BCUT2D eigenvalue weighted by Gasteiger charge is -2.02. The van der Waals surface area contributed by atoms with Crippen molar-refractivity contribution in [2.75, 3.05) is 0 Å². The van der Waals surface area contributed by atoms with Crippen LogP contribution in [0.25, 0.3) is 21.1 Å². The first-order valence-corrected chi connectivity index (χ1v) is 7.40. The molecule has 7 heteroatoms. The summed E-state index contributed by atoms with van der Waals surface area (Å²) in [6.45, 7) is 1.48. The highest BCUT2D eigenvalue weighted by Crippen LogP contribution is 2.30. The summed E-state index contributed by atoms with van der Waals surface area (Å²) in [7, 11) is 0. The van der Waals surface area contributed by atoms with Gasteiger partial charge in [0.2, 0.25) is 11.7 Å². The van der Waals surface area contributed by atoms with Crippen molar-refractivity contribution < 1.29 is 14.3 Å². The third-order valence-electron chi connectivity index (χ3n) is 2.78. The van der Waals surface area contributed by atoms with Crippen molar-refractivity contribution in [1.29, 1.82) is 0 Å². The number of carbonyl (C=O) groups excluding carboxylic acids is 1. The molecule has 0 saturated heterocycles. The number of rotatable bonds is 2. The summed E-state index contributed by atoms with van der Waals surface area (Å²) in [6, 6.07) is 5.53. The van der Waals surface area contributed by atoms with Crippen LogP contribution >= 0.6 is 27.3 Å². The normalized spacial score (nSPS) is 11.1. The molecule has 0 aliphatic heterocycles. The van der Waals surface area contributed by atoms with E-state index in [-0.39, 0.29) is 12.6 Å². The average molecular weight is 353 g/mol. The number of pyridine rings is 1. The SMILES string of the molecule is CC(=O)OCc1nc2c[n+]([O-])c3cc(Br)ccc3c2s1. The maximum atomic E-state index is 12.0. The lowest BCUT2D eigenvalue weighted by Crippen LogP contribution is -2.26. The van der Waals surface area contributed by atoms with Crippen molar-refractivity contribution in [3.05, 3.63) is 39.1 Å². The van der Waals surface area contributed by atoms with E-state index < -0.39 is 0 Å². The van der Waals surface area contributed by atoms with Gasteiger partial charge in [-0.25, -0.2) is 4.98 Å². The second-order valence-corrected chi connectivity index (χ2v) is 6.22. The second-order valence-electron chi connectivity index (χ2n) is 4.22. The van der Waals surface area contributed by atoms with Gasteiger partial charge in [0.05, 0.1) is 10.1 Å². The summed E-state index contributed by atoms with van der Waals surface area (Å²) in [5.74, 6) is -0.350. The molecule has 0 atom stereocenters. The molecule has 0 fully saturated rings. The lowest BCUT2D eigenvalue weighted by molar-refractivity contribution is -0.575. The third-order valence-corrected chi connectivity index (χ3v) is 4.35. The van der Waals surface area contributed by atoms with E-state index in [0.29, 0.717) is 16.0 Å². The molecule has 3 rings (SSSR count). The molecule has 0 spiro atoms. The Morgan fingerprint density at radius 1 is 1.55 bits per heavy atom. The fraction of sp³-hybridized carbons (Fsp3) is 0.154. The first-order valence-electron chi connectivity index (χ1n) is 5.79. The van der Waals surface area contributed by atoms with Crippen LogP contribution in [-0.4, -0.2) is 11.0 Å².